The van der Waals surface area contributed by atoms with Gasteiger partial charge in [0.15, 0.2) is 0 Å². The van der Waals surface area contributed by atoms with Crippen LogP contribution in [0.15, 0.2) is 0 Å². The van der Waals surface area contributed by atoms with E-state index < -0.39 is 6.04 Å². The molecule has 0 aliphatic rings. The molecule has 0 heterocycles. The Balaban J connectivity index is 4.40. The van der Waals surface area contributed by atoms with Crippen molar-refractivity contribution in [3.05, 3.63) is 0 Å². The fourth-order valence-corrected chi connectivity index (χ4v) is 1.25. The molecule has 0 radical (unpaired) electrons. The van der Waals surface area contributed by atoms with Crippen molar-refractivity contribution in [2.45, 2.75) is 46.7 Å². The number of rotatable bonds is 5. The lowest BCUT2D eigenvalue weighted by atomic mass is 9.86. The molecule has 2 atom stereocenters. The number of hydrogen-bond donors (Lipinski definition) is 2. The zero-order chi connectivity index (χ0) is 12.9. The minimum atomic E-state index is -0.495. The monoisotopic (exact) mass is 230 g/mol. The number of methoxy groups -OCH3 is 1. The van der Waals surface area contributed by atoms with E-state index in [2.05, 4.69) is 5.32 Å². The van der Waals surface area contributed by atoms with Gasteiger partial charge in [-0.1, -0.05) is 34.6 Å². The highest BCUT2D eigenvalue weighted by atomic mass is 16.5. The maximum atomic E-state index is 11.9. The Morgan fingerprint density at radius 2 is 1.88 bits per heavy atom. The van der Waals surface area contributed by atoms with Gasteiger partial charge in [-0.15, -0.1) is 0 Å². The Hall–Kier alpha value is -0.610. The van der Waals surface area contributed by atoms with Crippen molar-refractivity contribution in [3.8, 4) is 0 Å². The summed E-state index contributed by atoms with van der Waals surface area (Å²) in [6, 6.07) is -0.475. The molecule has 4 nitrogen and oxygen atoms in total. The molecule has 0 spiro atoms. The number of carbonyl (C=O) groups is 1. The van der Waals surface area contributed by atoms with Crippen molar-refractivity contribution in [1.82, 2.24) is 5.32 Å². The van der Waals surface area contributed by atoms with Gasteiger partial charge in [-0.2, -0.15) is 0 Å². The third-order valence-corrected chi connectivity index (χ3v) is 2.69. The van der Waals surface area contributed by atoms with Crippen LogP contribution < -0.4 is 11.1 Å². The largest absolute Gasteiger partial charge is 0.383 e. The van der Waals surface area contributed by atoms with Gasteiger partial charge in [-0.3, -0.25) is 4.79 Å². The van der Waals surface area contributed by atoms with E-state index in [0.717, 1.165) is 0 Å². The molecule has 0 aromatic rings. The maximum absolute atomic E-state index is 11.9. The third kappa shape index (κ3) is 4.94. The van der Waals surface area contributed by atoms with Gasteiger partial charge in [0, 0.05) is 7.11 Å². The number of ether oxygens (including phenoxy) is 1. The average Bonchev–Trinajstić information content (AvgIpc) is 2.14. The van der Waals surface area contributed by atoms with Gasteiger partial charge in [-0.25, -0.2) is 0 Å². The lowest BCUT2D eigenvalue weighted by Gasteiger charge is -2.29. The third-order valence-electron chi connectivity index (χ3n) is 2.69. The van der Waals surface area contributed by atoms with Crippen LogP contribution in [0.1, 0.15) is 34.6 Å². The summed E-state index contributed by atoms with van der Waals surface area (Å²) in [4.78, 5) is 11.9. The van der Waals surface area contributed by atoms with Gasteiger partial charge >= 0.3 is 0 Å². The van der Waals surface area contributed by atoms with Crippen LogP contribution in [0.4, 0.5) is 0 Å². The predicted octanol–water partition coefficient (Wildman–Crippen LogP) is 1.15. The molecule has 0 saturated heterocycles. The lowest BCUT2D eigenvalue weighted by molar-refractivity contribution is -0.126. The van der Waals surface area contributed by atoms with Crippen LogP contribution in [0.2, 0.25) is 0 Å². The molecule has 0 aliphatic heterocycles. The van der Waals surface area contributed by atoms with Crippen molar-refractivity contribution in [2.24, 2.45) is 17.1 Å². The predicted molar refractivity (Wildman–Crippen MR) is 66.1 cm³/mol. The van der Waals surface area contributed by atoms with Gasteiger partial charge in [0.2, 0.25) is 5.91 Å². The van der Waals surface area contributed by atoms with E-state index in [0.29, 0.717) is 12.5 Å². The summed E-state index contributed by atoms with van der Waals surface area (Å²) < 4.78 is 5.08. The quantitative estimate of drug-likeness (QED) is 0.744. The zero-order valence-corrected chi connectivity index (χ0v) is 11.3. The van der Waals surface area contributed by atoms with E-state index in [1.807, 2.05) is 34.6 Å². The van der Waals surface area contributed by atoms with E-state index >= 15 is 0 Å². The second kappa shape index (κ2) is 6.21. The summed E-state index contributed by atoms with van der Waals surface area (Å²) in [5.74, 6) is 0.222. The number of amides is 1. The lowest BCUT2D eigenvalue weighted by Crippen LogP contribution is -2.53. The number of hydrogen-bond acceptors (Lipinski definition) is 3. The summed E-state index contributed by atoms with van der Waals surface area (Å²) in [5.41, 5.74) is 5.66. The second-order valence-corrected chi connectivity index (χ2v) is 5.66. The molecule has 0 saturated carbocycles. The highest BCUT2D eigenvalue weighted by Crippen LogP contribution is 2.17. The molecule has 1 amide bonds. The first-order valence-electron chi connectivity index (χ1n) is 5.75. The van der Waals surface area contributed by atoms with Crippen LogP contribution in [0.3, 0.4) is 0 Å². The van der Waals surface area contributed by atoms with E-state index in [-0.39, 0.29) is 17.4 Å². The van der Waals surface area contributed by atoms with E-state index in [1.54, 1.807) is 7.11 Å². The van der Waals surface area contributed by atoms with E-state index in [4.69, 9.17) is 10.5 Å². The maximum Gasteiger partial charge on any atom is 0.237 e. The van der Waals surface area contributed by atoms with Gasteiger partial charge in [0.25, 0.3) is 0 Å². The Bertz CT molecular complexity index is 222. The molecule has 0 bridgehead atoms. The van der Waals surface area contributed by atoms with Crippen LogP contribution in [-0.4, -0.2) is 31.7 Å². The standard InChI is InChI=1S/C12H26N2O2/c1-8(2)9(7-16-6)14-11(15)10(13)12(3,4)5/h8-10H,7,13H2,1-6H3,(H,14,15)/t9?,10-/m0/s1. The first-order valence-corrected chi connectivity index (χ1v) is 5.75. The van der Waals surface area contributed by atoms with Gasteiger partial charge in [0.1, 0.15) is 0 Å². The van der Waals surface area contributed by atoms with Crippen molar-refractivity contribution in [2.75, 3.05) is 13.7 Å². The van der Waals surface area contributed by atoms with Crippen LogP contribution in [-0.2, 0) is 9.53 Å². The number of carbonyl (C=O) groups excluding carboxylic acids is 1. The van der Waals surface area contributed by atoms with E-state index in [9.17, 15) is 4.79 Å². The van der Waals surface area contributed by atoms with Crippen molar-refractivity contribution >= 4 is 5.91 Å². The normalized spacial score (nSPS) is 16.0. The number of nitrogens with two attached hydrogens (primary N) is 1. The number of nitrogens with one attached hydrogen (secondary N) is 1. The molecular weight excluding hydrogens is 204 g/mol. The highest BCUT2D eigenvalue weighted by Gasteiger charge is 2.29. The molecule has 0 aromatic heterocycles. The second-order valence-electron chi connectivity index (χ2n) is 5.66. The average molecular weight is 230 g/mol. The van der Waals surface area contributed by atoms with Crippen molar-refractivity contribution in [1.29, 1.82) is 0 Å². The molecule has 3 N–H and O–H groups in total. The van der Waals surface area contributed by atoms with Crippen LogP contribution >= 0.6 is 0 Å². The first kappa shape index (κ1) is 15.4. The molecule has 16 heavy (non-hydrogen) atoms. The topological polar surface area (TPSA) is 64.3 Å². The van der Waals surface area contributed by atoms with E-state index in [1.165, 1.54) is 0 Å². The highest BCUT2D eigenvalue weighted by molar-refractivity contribution is 5.82. The molecule has 0 aliphatic carbocycles. The molecule has 0 aromatic carbocycles. The molecular formula is C12H26N2O2. The molecule has 0 rings (SSSR count). The fourth-order valence-electron chi connectivity index (χ4n) is 1.25. The smallest absolute Gasteiger partial charge is 0.237 e. The fraction of sp³-hybridized carbons (Fsp3) is 0.917. The van der Waals surface area contributed by atoms with Gasteiger partial charge in [0.05, 0.1) is 18.7 Å². The summed E-state index contributed by atoms with van der Waals surface area (Å²) in [5, 5.41) is 2.93. The van der Waals surface area contributed by atoms with Crippen molar-refractivity contribution < 1.29 is 9.53 Å². The molecule has 96 valence electrons. The van der Waals surface area contributed by atoms with Gasteiger partial charge in [-0.05, 0) is 11.3 Å². The first-order chi connectivity index (χ1) is 7.20. The summed E-state index contributed by atoms with van der Waals surface area (Å²) in [6.07, 6.45) is 0. The van der Waals surface area contributed by atoms with Crippen molar-refractivity contribution in [3.63, 3.8) is 0 Å². The molecule has 0 fully saturated rings. The van der Waals surface area contributed by atoms with Gasteiger partial charge < -0.3 is 15.8 Å². The minimum absolute atomic E-state index is 0.0194. The Morgan fingerprint density at radius 1 is 1.38 bits per heavy atom. The van der Waals surface area contributed by atoms with Crippen LogP contribution in [0.25, 0.3) is 0 Å². The molecule has 1 unspecified atom stereocenters. The van der Waals surface area contributed by atoms with Crippen LogP contribution in [0.5, 0.6) is 0 Å². The zero-order valence-electron chi connectivity index (χ0n) is 11.3. The summed E-state index contributed by atoms with van der Waals surface area (Å²) in [7, 11) is 1.63. The molecule has 4 heteroatoms. The summed E-state index contributed by atoms with van der Waals surface area (Å²) in [6.45, 7) is 10.5. The Kier molecular flexibility index (Phi) is 5.97. The Morgan fingerprint density at radius 3 is 2.19 bits per heavy atom. The SMILES string of the molecule is COCC(NC(=O)[C@H](N)C(C)(C)C)C(C)C. The minimum Gasteiger partial charge on any atom is -0.383 e. The Labute approximate surface area is 98.9 Å². The van der Waals surface area contributed by atoms with Crippen LogP contribution in [0, 0.1) is 11.3 Å². The summed E-state index contributed by atoms with van der Waals surface area (Å²) >= 11 is 0.